The number of H-pyrrole nitrogens is 1. The van der Waals surface area contributed by atoms with Crippen LogP contribution in [0.5, 0.6) is 11.5 Å². The third kappa shape index (κ3) is 3.80. The van der Waals surface area contributed by atoms with Gasteiger partial charge in [0.15, 0.2) is 17.2 Å². The number of hydrogen-bond donors (Lipinski definition) is 2. The number of fused-ring (bicyclic) bond motifs is 1. The average Bonchev–Trinajstić information content (AvgIpc) is 3.14. The van der Waals surface area contributed by atoms with Crippen LogP contribution in [0.2, 0.25) is 0 Å². The molecule has 0 saturated carbocycles. The molecule has 0 aliphatic carbocycles. The van der Waals surface area contributed by atoms with E-state index in [0.29, 0.717) is 41.7 Å². The molecule has 0 fully saturated rings. The van der Waals surface area contributed by atoms with Gasteiger partial charge in [0.1, 0.15) is 17.0 Å². The molecule has 1 amide bonds. The number of hydrogen-bond acceptors (Lipinski definition) is 6. The fourth-order valence-electron chi connectivity index (χ4n) is 3.43. The molecule has 2 aromatic carbocycles. The summed E-state index contributed by atoms with van der Waals surface area (Å²) in [5.74, 6) is 1.12. The van der Waals surface area contributed by atoms with Gasteiger partial charge in [0.2, 0.25) is 0 Å². The van der Waals surface area contributed by atoms with E-state index in [9.17, 15) is 9.59 Å². The zero-order valence-corrected chi connectivity index (χ0v) is 18.0. The number of rotatable bonds is 7. The average molecular weight is 433 g/mol. The van der Waals surface area contributed by atoms with Crippen LogP contribution in [0.3, 0.4) is 0 Å². The van der Waals surface area contributed by atoms with Crippen molar-refractivity contribution in [3.63, 3.8) is 0 Å². The van der Waals surface area contributed by atoms with Crippen LogP contribution in [0.25, 0.3) is 28.2 Å². The molecule has 0 aliphatic rings. The highest BCUT2D eigenvalue weighted by Crippen LogP contribution is 2.27. The van der Waals surface area contributed by atoms with E-state index in [2.05, 4.69) is 20.3 Å². The summed E-state index contributed by atoms with van der Waals surface area (Å²) in [6.45, 7) is 4.69. The van der Waals surface area contributed by atoms with Crippen molar-refractivity contribution in [2.24, 2.45) is 0 Å². The molecule has 2 heterocycles. The SMILES string of the molecule is CCNC(=O)c1nc(-c2ccc(OCC)cc2)nc2c1[nH]c(=O)n2-c1ccccc1OC. The zero-order chi connectivity index (χ0) is 22.7. The van der Waals surface area contributed by atoms with Crippen molar-refractivity contribution in [2.45, 2.75) is 13.8 Å². The Hall–Kier alpha value is -4.14. The topological polar surface area (TPSA) is 111 Å². The Labute approximate surface area is 184 Å². The molecule has 0 spiro atoms. The number of methoxy groups -OCH3 is 1. The van der Waals surface area contributed by atoms with E-state index in [-0.39, 0.29) is 16.9 Å². The predicted octanol–water partition coefficient (Wildman–Crippen LogP) is 2.93. The van der Waals surface area contributed by atoms with E-state index in [1.165, 1.54) is 11.7 Å². The highest BCUT2D eigenvalue weighted by molar-refractivity contribution is 6.03. The van der Waals surface area contributed by atoms with E-state index in [1.807, 2.05) is 44.2 Å². The summed E-state index contributed by atoms with van der Waals surface area (Å²) in [6, 6.07) is 14.3. The van der Waals surface area contributed by atoms with Gasteiger partial charge in [-0.2, -0.15) is 0 Å². The summed E-state index contributed by atoms with van der Waals surface area (Å²) in [7, 11) is 1.53. The van der Waals surface area contributed by atoms with Crippen molar-refractivity contribution >= 4 is 17.1 Å². The first-order chi connectivity index (χ1) is 15.6. The van der Waals surface area contributed by atoms with Gasteiger partial charge in [-0.25, -0.2) is 19.3 Å². The first-order valence-corrected chi connectivity index (χ1v) is 10.2. The number of carbonyl (C=O) groups excluding carboxylic acids is 1. The Morgan fingerprint density at radius 2 is 1.84 bits per heavy atom. The number of amides is 1. The summed E-state index contributed by atoms with van der Waals surface area (Å²) in [5.41, 5.74) is 1.35. The van der Waals surface area contributed by atoms with Crippen LogP contribution in [-0.2, 0) is 0 Å². The molecule has 0 bridgehead atoms. The van der Waals surface area contributed by atoms with Crippen LogP contribution in [0, 0.1) is 0 Å². The Balaban J connectivity index is 1.98. The van der Waals surface area contributed by atoms with Crippen LogP contribution in [0.1, 0.15) is 24.3 Å². The second-order valence-electron chi connectivity index (χ2n) is 6.85. The number of ether oxygens (including phenoxy) is 2. The lowest BCUT2D eigenvalue weighted by Gasteiger charge is -2.10. The van der Waals surface area contributed by atoms with Gasteiger partial charge in [0, 0.05) is 12.1 Å². The normalized spacial score (nSPS) is 10.8. The summed E-state index contributed by atoms with van der Waals surface area (Å²) >= 11 is 0. The molecule has 9 nitrogen and oxygen atoms in total. The number of para-hydroxylation sites is 2. The van der Waals surface area contributed by atoms with E-state index in [4.69, 9.17) is 9.47 Å². The molecule has 0 radical (unpaired) electrons. The number of aromatic nitrogens is 4. The lowest BCUT2D eigenvalue weighted by atomic mass is 10.2. The fourth-order valence-corrected chi connectivity index (χ4v) is 3.43. The summed E-state index contributed by atoms with van der Waals surface area (Å²) in [4.78, 5) is 37.6. The number of benzene rings is 2. The number of imidazole rings is 1. The van der Waals surface area contributed by atoms with Crippen LogP contribution in [0.4, 0.5) is 0 Å². The molecule has 0 saturated heterocycles. The Kier molecular flexibility index (Phi) is 5.89. The predicted molar refractivity (Wildman–Crippen MR) is 121 cm³/mol. The molecule has 0 aliphatic heterocycles. The van der Waals surface area contributed by atoms with Crippen LogP contribution in [0.15, 0.2) is 53.3 Å². The van der Waals surface area contributed by atoms with Gasteiger partial charge in [-0.3, -0.25) is 4.79 Å². The van der Waals surface area contributed by atoms with Crippen LogP contribution in [-0.4, -0.2) is 45.7 Å². The molecule has 9 heteroatoms. The highest BCUT2D eigenvalue weighted by atomic mass is 16.5. The molecule has 4 aromatic rings. The largest absolute Gasteiger partial charge is 0.495 e. The van der Waals surface area contributed by atoms with Gasteiger partial charge >= 0.3 is 5.69 Å². The van der Waals surface area contributed by atoms with E-state index >= 15 is 0 Å². The maximum Gasteiger partial charge on any atom is 0.332 e. The van der Waals surface area contributed by atoms with E-state index in [0.717, 1.165) is 0 Å². The second kappa shape index (κ2) is 8.93. The minimum Gasteiger partial charge on any atom is -0.495 e. The van der Waals surface area contributed by atoms with Crippen molar-refractivity contribution in [1.82, 2.24) is 24.8 Å². The molecule has 0 unspecified atom stereocenters. The first kappa shape index (κ1) is 21.1. The molecule has 4 rings (SSSR count). The standard InChI is InChI=1S/C23H23N5O4/c1-4-24-22(29)19-18-21(27-20(25-19)14-10-12-15(13-11-14)32-5-2)28(23(30)26-18)16-8-6-7-9-17(16)31-3/h6-13H,4-5H2,1-3H3,(H,24,29)(H,26,30). The maximum absolute atomic E-state index is 12.9. The smallest absolute Gasteiger partial charge is 0.332 e. The third-order valence-electron chi connectivity index (χ3n) is 4.84. The number of nitrogens with one attached hydrogen (secondary N) is 2. The third-order valence-corrected chi connectivity index (χ3v) is 4.84. The van der Waals surface area contributed by atoms with Gasteiger partial charge in [-0.1, -0.05) is 12.1 Å². The van der Waals surface area contributed by atoms with Crippen molar-refractivity contribution in [2.75, 3.05) is 20.3 Å². The van der Waals surface area contributed by atoms with Crippen molar-refractivity contribution in [3.05, 3.63) is 64.7 Å². The van der Waals surface area contributed by atoms with E-state index < -0.39 is 11.6 Å². The molecule has 32 heavy (non-hydrogen) atoms. The Bertz CT molecular complexity index is 1320. The molecule has 164 valence electrons. The van der Waals surface area contributed by atoms with Gasteiger partial charge < -0.3 is 19.8 Å². The maximum atomic E-state index is 12.9. The zero-order valence-electron chi connectivity index (χ0n) is 18.0. The molecular formula is C23H23N5O4. The quantitative estimate of drug-likeness (QED) is 0.464. The number of aromatic amines is 1. The number of nitrogens with zero attached hydrogens (tertiary/aromatic N) is 3. The minimum absolute atomic E-state index is 0.0893. The molecule has 2 aromatic heterocycles. The van der Waals surface area contributed by atoms with Gasteiger partial charge in [-0.15, -0.1) is 0 Å². The van der Waals surface area contributed by atoms with Crippen molar-refractivity contribution in [3.8, 4) is 28.6 Å². The Morgan fingerprint density at radius 3 is 2.53 bits per heavy atom. The summed E-state index contributed by atoms with van der Waals surface area (Å²) < 4.78 is 12.3. The molecule has 2 N–H and O–H groups in total. The van der Waals surface area contributed by atoms with E-state index in [1.54, 1.807) is 18.2 Å². The summed E-state index contributed by atoms with van der Waals surface area (Å²) in [5, 5.41) is 2.74. The molecule has 0 atom stereocenters. The van der Waals surface area contributed by atoms with Gasteiger partial charge in [0.05, 0.1) is 19.4 Å². The Morgan fingerprint density at radius 1 is 1.09 bits per heavy atom. The van der Waals surface area contributed by atoms with Crippen LogP contribution < -0.4 is 20.5 Å². The first-order valence-electron chi connectivity index (χ1n) is 10.2. The fraction of sp³-hybridized carbons (Fsp3) is 0.217. The van der Waals surface area contributed by atoms with Crippen molar-refractivity contribution < 1.29 is 14.3 Å². The van der Waals surface area contributed by atoms with Crippen LogP contribution >= 0.6 is 0 Å². The molecular weight excluding hydrogens is 410 g/mol. The lowest BCUT2D eigenvalue weighted by Crippen LogP contribution is -2.24. The second-order valence-corrected chi connectivity index (χ2v) is 6.85. The van der Waals surface area contributed by atoms with Gasteiger partial charge in [-0.05, 0) is 50.2 Å². The number of carbonyl (C=O) groups is 1. The van der Waals surface area contributed by atoms with Gasteiger partial charge in [0.25, 0.3) is 5.91 Å². The summed E-state index contributed by atoms with van der Waals surface area (Å²) in [6.07, 6.45) is 0. The monoisotopic (exact) mass is 433 g/mol. The lowest BCUT2D eigenvalue weighted by molar-refractivity contribution is 0.0952. The minimum atomic E-state index is -0.451. The highest BCUT2D eigenvalue weighted by Gasteiger charge is 2.22. The van der Waals surface area contributed by atoms with Crippen molar-refractivity contribution in [1.29, 1.82) is 0 Å².